The minimum atomic E-state index is -0.412. The molecule has 6 heteroatoms. The summed E-state index contributed by atoms with van der Waals surface area (Å²) in [5, 5.41) is 8.21. The van der Waals surface area contributed by atoms with Crippen molar-refractivity contribution >= 4 is 39.8 Å². The minimum absolute atomic E-state index is 0.107. The van der Waals surface area contributed by atoms with E-state index >= 15 is 0 Å². The van der Waals surface area contributed by atoms with Crippen LogP contribution in [0.4, 0.5) is 5.69 Å². The van der Waals surface area contributed by atoms with Gasteiger partial charge in [0.25, 0.3) is 11.8 Å². The fraction of sp³-hybridized carbons (Fsp3) is 0.222. The van der Waals surface area contributed by atoms with Crippen molar-refractivity contribution in [3.05, 3.63) is 52.4 Å². The third-order valence-corrected chi connectivity index (χ3v) is 4.14. The number of rotatable bonds is 3. The molecule has 24 heavy (non-hydrogen) atoms. The number of para-hydroxylation sites is 1. The molecule has 2 heterocycles. The molecule has 0 spiro atoms. The predicted octanol–water partition coefficient (Wildman–Crippen LogP) is 4.27. The molecule has 5 nitrogen and oxygen atoms in total. The first kappa shape index (κ1) is 16.3. The lowest BCUT2D eigenvalue weighted by Gasteiger charge is -2.19. The quantitative estimate of drug-likeness (QED) is 0.746. The fourth-order valence-electron chi connectivity index (χ4n) is 2.31. The molecule has 0 radical (unpaired) electrons. The lowest BCUT2D eigenvalue weighted by molar-refractivity contribution is 0.0894. The van der Waals surface area contributed by atoms with Crippen LogP contribution in [0.5, 0.6) is 0 Å². The Morgan fingerprint density at radius 3 is 2.46 bits per heavy atom. The van der Waals surface area contributed by atoms with Gasteiger partial charge in [0.2, 0.25) is 5.76 Å². The van der Waals surface area contributed by atoms with Crippen LogP contribution in [0, 0.1) is 0 Å². The molecule has 2 aromatic heterocycles. The zero-order chi connectivity index (χ0) is 17.3. The number of benzene rings is 1. The van der Waals surface area contributed by atoms with Crippen LogP contribution < -0.4 is 10.6 Å². The highest BCUT2D eigenvalue weighted by molar-refractivity contribution is 7.12. The van der Waals surface area contributed by atoms with Crippen LogP contribution in [0.15, 0.2) is 46.2 Å². The van der Waals surface area contributed by atoms with E-state index in [2.05, 4.69) is 10.6 Å². The summed E-state index contributed by atoms with van der Waals surface area (Å²) in [5.41, 5.74) is 0.536. The normalized spacial score (nSPS) is 11.5. The summed E-state index contributed by atoms with van der Waals surface area (Å²) in [6.45, 7) is 5.66. The van der Waals surface area contributed by atoms with E-state index in [1.54, 1.807) is 18.2 Å². The second-order valence-electron chi connectivity index (χ2n) is 6.44. The van der Waals surface area contributed by atoms with Crippen LogP contribution in [0.25, 0.3) is 11.0 Å². The summed E-state index contributed by atoms with van der Waals surface area (Å²) >= 11 is 1.34. The number of anilines is 1. The Balaban J connectivity index is 2.02. The van der Waals surface area contributed by atoms with Gasteiger partial charge in [0.05, 0.1) is 4.88 Å². The van der Waals surface area contributed by atoms with Gasteiger partial charge in [-0.1, -0.05) is 18.2 Å². The van der Waals surface area contributed by atoms with Crippen molar-refractivity contribution in [2.24, 2.45) is 0 Å². The van der Waals surface area contributed by atoms with Crippen LogP contribution in [0.2, 0.25) is 0 Å². The Hall–Kier alpha value is -2.60. The van der Waals surface area contributed by atoms with Gasteiger partial charge >= 0.3 is 0 Å². The molecule has 3 aromatic rings. The second-order valence-corrected chi connectivity index (χ2v) is 7.39. The molecular weight excluding hydrogens is 324 g/mol. The average molecular weight is 342 g/mol. The van der Waals surface area contributed by atoms with Crippen molar-refractivity contribution in [3.8, 4) is 0 Å². The molecule has 3 rings (SSSR count). The number of fused-ring (bicyclic) bond motifs is 1. The number of nitrogens with one attached hydrogen (secondary N) is 2. The van der Waals surface area contributed by atoms with Crippen molar-refractivity contribution in [2.75, 3.05) is 5.32 Å². The molecule has 1 aromatic carbocycles. The summed E-state index contributed by atoms with van der Waals surface area (Å²) in [6, 6.07) is 10.8. The van der Waals surface area contributed by atoms with Gasteiger partial charge in [-0.15, -0.1) is 11.3 Å². The minimum Gasteiger partial charge on any atom is -0.449 e. The van der Waals surface area contributed by atoms with Crippen LogP contribution in [0.1, 0.15) is 41.0 Å². The van der Waals surface area contributed by atoms with Gasteiger partial charge in [-0.3, -0.25) is 9.59 Å². The molecule has 0 saturated carbocycles. The molecule has 0 aliphatic heterocycles. The van der Waals surface area contributed by atoms with Gasteiger partial charge in [-0.2, -0.15) is 0 Å². The highest BCUT2D eigenvalue weighted by Crippen LogP contribution is 2.31. The van der Waals surface area contributed by atoms with Gasteiger partial charge < -0.3 is 15.1 Å². The van der Waals surface area contributed by atoms with Gasteiger partial charge in [-0.05, 0) is 44.4 Å². The monoisotopic (exact) mass is 342 g/mol. The first-order valence-electron chi connectivity index (χ1n) is 7.54. The molecule has 0 saturated heterocycles. The number of hydrogen-bond donors (Lipinski definition) is 2. The molecular formula is C18H18N2O3S. The zero-order valence-corrected chi connectivity index (χ0v) is 14.5. The van der Waals surface area contributed by atoms with E-state index in [0.717, 1.165) is 0 Å². The molecule has 0 fully saturated rings. The molecule has 2 N–H and O–H groups in total. The van der Waals surface area contributed by atoms with E-state index < -0.39 is 5.54 Å². The van der Waals surface area contributed by atoms with Gasteiger partial charge in [0, 0.05) is 10.9 Å². The summed E-state index contributed by atoms with van der Waals surface area (Å²) < 4.78 is 5.70. The number of carbonyl (C=O) groups is 2. The smallest absolute Gasteiger partial charge is 0.289 e. The maximum Gasteiger partial charge on any atom is 0.289 e. The lowest BCUT2D eigenvalue weighted by Crippen LogP contribution is -2.40. The Bertz CT molecular complexity index is 889. The molecule has 0 unspecified atom stereocenters. The maximum atomic E-state index is 12.6. The number of furan rings is 1. The van der Waals surface area contributed by atoms with Crippen molar-refractivity contribution < 1.29 is 14.0 Å². The third-order valence-electron chi connectivity index (χ3n) is 3.27. The first-order valence-corrected chi connectivity index (χ1v) is 8.42. The first-order chi connectivity index (χ1) is 11.3. The number of hydrogen-bond acceptors (Lipinski definition) is 4. The second kappa shape index (κ2) is 6.13. The van der Waals surface area contributed by atoms with Gasteiger partial charge in [0.15, 0.2) is 0 Å². The molecule has 2 amide bonds. The standard InChI is InChI=1S/C18H18N2O3S/c1-18(2,3)20-17(22)15-14(11-7-4-5-8-12(11)23-15)19-16(21)13-9-6-10-24-13/h4-10H,1-3H3,(H,19,21)(H,20,22). The van der Waals surface area contributed by atoms with Crippen LogP contribution >= 0.6 is 11.3 Å². The van der Waals surface area contributed by atoms with E-state index in [0.29, 0.717) is 21.5 Å². The average Bonchev–Trinajstić information content (AvgIpc) is 3.13. The largest absolute Gasteiger partial charge is 0.449 e. The predicted molar refractivity (Wildman–Crippen MR) is 95.7 cm³/mol. The van der Waals surface area contributed by atoms with Crippen molar-refractivity contribution in [1.82, 2.24) is 5.32 Å². The van der Waals surface area contributed by atoms with Gasteiger partial charge in [-0.25, -0.2) is 0 Å². The number of carbonyl (C=O) groups excluding carboxylic acids is 2. The summed E-state index contributed by atoms with van der Waals surface area (Å²) in [4.78, 5) is 25.5. The third kappa shape index (κ3) is 3.33. The van der Waals surface area contributed by atoms with Crippen LogP contribution in [0.3, 0.4) is 0 Å². The highest BCUT2D eigenvalue weighted by atomic mass is 32.1. The summed E-state index contributed by atoms with van der Waals surface area (Å²) in [5.74, 6) is -0.516. The number of thiophene rings is 1. The van der Waals surface area contributed by atoms with E-state index in [9.17, 15) is 9.59 Å². The van der Waals surface area contributed by atoms with Crippen molar-refractivity contribution in [3.63, 3.8) is 0 Å². The molecule has 124 valence electrons. The van der Waals surface area contributed by atoms with E-state index in [1.165, 1.54) is 11.3 Å². The zero-order valence-electron chi connectivity index (χ0n) is 13.7. The van der Waals surface area contributed by atoms with Gasteiger partial charge in [0.1, 0.15) is 11.3 Å². The van der Waals surface area contributed by atoms with E-state index in [-0.39, 0.29) is 17.6 Å². The highest BCUT2D eigenvalue weighted by Gasteiger charge is 2.25. The fourth-order valence-corrected chi connectivity index (χ4v) is 2.93. The summed E-state index contributed by atoms with van der Waals surface area (Å²) in [7, 11) is 0. The Morgan fingerprint density at radius 2 is 1.79 bits per heavy atom. The van der Waals surface area contributed by atoms with Crippen LogP contribution in [-0.2, 0) is 0 Å². The SMILES string of the molecule is CC(C)(C)NC(=O)c1oc2ccccc2c1NC(=O)c1cccs1. The molecule has 0 aliphatic rings. The van der Waals surface area contributed by atoms with Crippen molar-refractivity contribution in [2.45, 2.75) is 26.3 Å². The lowest BCUT2D eigenvalue weighted by atomic mass is 10.1. The van der Waals surface area contributed by atoms with Crippen LogP contribution in [-0.4, -0.2) is 17.4 Å². The van der Waals surface area contributed by atoms with E-state index in [1.807, 2.05) is 44.4 Å². The molecule has 0 aliphatic carbocycles. The Morgan fingerprint density at radius 1 is 1.04 bits per heavy atom. The topological polar surface area (TPSA) is 71.3 Å². The molecule has 0 bridgehead atoms. The Labute approximate surface area is 143 Å². The molecule has 0 atom stereocenters. The Kier molecular flexibility index (Phi) is 4.15. The van der Waals surface area contributed by atoms with Crippen molar-refractivity contribution in [1.29, 1.82) is 0 Å². The number of amides is 2. The summed E-state index contributed by atoms with van der Waals surface area (Å²) in [6.07, 6.45) is 0. The maximum absolute atomic E-state index is 12.6. The van der Waals surface area contributed by atoms with E-state index in [4.69, 9.17) is 4.42 Å².